The molecule has 1 aliphatic rings. The number of carbonyl (C=O) groups is 1. The Morgan fingerprint density at radius 1 is 1.39 bits per heavy atom. The lowest BCUT2D eigenvalue weighted by atomic mass is 9.85. The molecule has 1 aromatic rings. The fraction of sp³-hybridized carbons (Fsp3) is 0.750. The molecule has 1 aliphatic carbocycles. The summed E-state index contributed by atoms with van der Waals surface area (Å²) in [5.74, 6) is -0.838. The Hall–Kier alpha value is -1.43. The van der Waals surface area contributed by atoms with Gasteiger partial charge in [0, 0.05) is 12.6 Å². The van der Waals surface area contributed by atoms with Crippen LogP contribution < -0.4 is 0 Å². The van der Waals surface area contributed by atoms with Gasteiger partial charge < -0.3 is 10.2 Å². The normalized spacial score (nSPS) is 18.7. The van der Waals surface area contributed by atoms with Crippen molar-refractivity contribution in [3.63, 3.8) is 0 Å². The predicted octanol–water partition coefficient (Wildman–Crippen LogP) is 0.990. The molecule has 0 spiro atoms. The van der Waals surface area contributed by atoms with Crippen molar-refractivity contribution >= 4 is 5.97 Å². The van der Waals surface area contributed by atoms with Crippen molar-refractivity contribution in [2.75, 3.05) is 0 Å². The zero-order valence-corrected chi connectivity index (χ0v) is 10.4. The third-order valence-corrected chi connectivity index (χ3v) is 3.42. The van der Waals surface area contributed by atoms with Crippen LogP contribution in [-0.2, 0) is 17.8 Å². The molecule has 0 amide bonds. The van der Waals surface area contributed by atoms with Gasteiger partial charge in [-0.15, -0.1) is 5.10 Å². The average Bonchev–Trinajstić information content (AvgIpc) is 2.74. The summed E-state index contributed by atoms with van der Waals surface area (Å²) in [7, 11) is 0. The van der Waals surface area contributed by atoms with Gasteiger partial charge in [0.15, 0.2) is 0 Å². The summed E-state index contributed by atoms with van der Waals surface area (Å²) < 4.78 is 1.63. The van der Waals surface area contributed by atoms with Crippen molar-refractivity contribution in [1.82, 2.24) is 15.0 Å². The highest BCUT2D eigenvalue weighted by molar-refractivity contribution is 5.66. The molecule has 0 aliphatic heterocycles. The molecule has 18 heavy (non-hydrogen) atoms. The van der Waals surface area contributed by atoms with Crippen LogP contribution in [0.4, 0.5) is 0 Å². The van der Waals surface area contributed by atoms with Gasteiger partial charge in [0.2, 0.25) is 0 Å². The summed E-state index contributed by atoms with van der Waals surface area (Å²) >= 11 is 0. The van der Waals surface area contributed by atoms with E-state index in [0.29, 0.717) is 18.7 Å². The highest BCUT2D eigenvalue weighted by atomic mass is 16.4. The molecule has 0 aromatic carbocycles. The van der Waals surface area contributed by atoms with Crippen molar-refractivity contribution < 1.29 is 15.0 Å². The Morgan fingerprint density at radius 2 is 2.11 bits per heavy atom. The number of carboxylic acids is 1. The maximum atomic E-state index is 10.5. The highest BCUT2D eigenvalue weighted by Crippen LogP contribution is 2.29. The summed E-state index contributed by atoms with van der Waals surface area (Å²) in [5, 5.41) is 26.8. The number of rotatable bonds is 5. The zero-order valence-electron chi connectivity index (χ0n) is 10.4. The van der Waals surface area contributed by atoms with Crippen LogP contribution in [0.1, 0.15) is 44.2 Å². The smallest absolute Gasteiger partial charge is 0.303 e. The molecule has 1 saturated carbocycles. The number of hydrogen-bond acceptors (Lipinski definition) is 4. The van der Waals surface area contributed by atoms with E-state index in [-0.39, 0.29) is 6.42 Å². The topological polar surface area (TPSA) is 88.2 Å². The minimum absolute atomic E-state index is 0.0585. The average molecular weight is 253 g/mol. The van der Waals surface area contributed by atoms with E-state index in [0.717, 1.165) is 25.7 Å². The van der Waals surface area contributed by atoms with E-state index < -0.39 is 11.6 Å². The van der Waals surface area contributed by atoms with Gasteiger partial charge in [-0.2, -0.15) is 0 Å². The van der Waals surface area contributed by atoms with Crippen molar-refractivity contribution in [3.05, 3.63) is 11.9 Å². The first-order chi connectivity index (χ1) is 8.57. The van der Waals surface area contributed by atoms with E-state index in [1.807, 2.05) is 0 Å². The second-order valence-electron chi connectivity index (χ2n) is 5.09. The molecule has 1 aromatic heterocycles. The van der Waals surface area contributed by atoms with Gasteiger partial charge in [-0.1, -0.05) is 24.5 Å². The minimum Gasteiger partial charge on any atom is -0.481 e. The molecule has 6 nitrogen and oxygen atoms in total. The number of aliphatic hydroxyl groups is 1. The fourth-order valence-electron chi connectivity index (χ4n) is 2.43. The molecule has 0 saturated heterocycles. The Morgan fingerprint density at radius 3 is 2.78 bits per heavy atom. The first-order valence-electron chi connectivity index (χ1n) is 6.41. The van der Waals surface area contributed by atoms with E-state index in [9.17, 15) is 9.90 Å². The number of aryl methyl sites for hydroxylation is 1. The van der Waals surface area contributed by atoms with Crippen molar-refractivity contribution in [2.24, 2.45) is 0 Å². The third-order valence-electron chi connectivity index (χ3n) is 3.42. The fourth-order valence-corrected chi connectivity index (χ4v) is 2.43. The lowest BCUT2D eigenvalue weighted by molar-refractivity contribution is -0.136. The molecule has 2 N–H and O–H groups in total. The second kappa shape index (κ2) is 5.48. The number of aromatic nitrogens is 3. The van der Waals surface area contributed by atoms with Gasteiger partial charge in [0.1, 0.15) is 0 Å². The van der Waals surface area contributed by atoms with Gasteiger partial charge in [-0.05, 0) is 12.8 Å². The molecule has 1 heterocycles. The lowest BCUT2D eigenvalue weighted by Crippen LogP contribution is -2.36. The monoisotopic (exact) mass is 253 g/mol. The van der Waals surface area contributed by atoms with E-state index in [1.54, 1.807) is 10.9 Å². The maximum Gasteiger partial charge on any atom is 0.303 e. The summed E-state index contributed by atoms with van der Waals surface area (Å²) in [4.78, 5) is 10.5. The van der Waals surface area contributed by atoms with Crippen LogP contribution in [0.3, 0.4) is 0 Å². The summed E-state index contributed by atoms with van der Waals surface area (Å²) in [5.41, 5.74) is -0.00690. The van der Waals surface area contributed by atoms with E-state index in [2.05, 4.69) is 10.3 Å². The van der Waals surface area contributed by atoms with Crippen molar-refractivity contribution in [1.29, 1.82) is 0 Å². The van der Waals surface area contributed by atoms with Crippen molar-refractivity contribution in [2.45, 2.75) is 57.1 Å². The molecule has 0 bridgehead atoms. The number of hydrogen-bond donors (Lipinski definition) is 2. The van der Waals surface area contributed by atoms with Gasteiger partial charge >= 0.3 is 5.97 Å². The molecule has 0 radical (unpaired) electrons. The van der Waals surface area contributed by atoms with Crippen LogP contribution in [0.5, 0.6) is 0 Å². The number of aliphatic carboxylic acids is 1. The predicted molar refractivity (Wildman–Crippen MR) is 64.0 cm³/mol. The van der Waals surface area contributed by atoms with Crippen LogP contribution in [0.25, 0.3) is 0 Å². The molecule has 6 heteroatoms. The summed E-state index contributed by atoms with van der Waals surface area (Å²) in [6, 6.07) is 0. The van der Waals surface area contributed by atoms with Crippen LogP contribution in [-0.4, -0.2) is 36.8 Å². The van der Waals surface area contributed by atoms with E-state index >= 15 is 0 Å². The summed E-state index contributed by atoms with van der Waals surface area (Å²) in [6.45, 7) is 0.451. The molecule has 0 atom stereocenters. The zero-order chi connectivity index (χ0) is 13.0. The van der Waals surface area contributed by atoms with Crippen LogP contribution in [0.15, 0.2) is 6.20 Å². The second-order valence-corrected chi connectivity index (χ2v) is 5.09. The Kier molecular flexibility index (Phi) is 3.96. The quantitative estimate of drug-likeness (QED) is 0.817. The molecule has 1 fully saturated rings. The third kappa shape index (κ3) is 3.53. The molecular formula is C12H19N3O3. The van der Waals surface area contributed by atoms with Gasteiger partial charge in [-0.25, -0.2) is 4.68 Å². The van der Waals surface area contributed by atoms with E-state index in [4.69, 9.17) is 5.11 Å². The molecular weight excluding hydrogens is 234 g/mol. The van der Waals surface area contributed by atoms with Crippen LogP contribution >= 0.6 is 0 Å². The van der Waals surface area contributed by atoms with Gasteiger partial charge in [0.05, 0.1) is 24.3 Å². The Bertz CT molecular complexity index is 410. The molecule has 2 rings (SSSR count). The number of carboxylic acid groups (broad SMARTS) is 1. The molecule has 100 valence electrons. The highest BCUT2D eigenvalue weighted by Gasteiger charge is 2.30. The largest absolute Gasteiger partial charge is 0.481 e. The van der Waals surface area contributed by atoms with Crippen LogP contribution in [0, 0.1) is 0 Å². The van der Waals surface area contributed by atoms with Crippen LogP contribution in [0.2, 0.25) is 0 Å². The first-order valence-corrected chi connectivity index (χ1v) is 6.41. The van der Waals surface area contributed by atoms with Gasteiger partial charge in [0.25, 0.3) is 0 Å². The lowest BCUT2D eigenvalue weighted by Gasteiger charge is -2.31. The number of nitrogens with zero attached hydrogens (tertiary/aromatic N) is 3. The SMILES string of the molecule is O=C(O)CCc1cn(CC2(O)CCCCC2)nn1. The van der Waals surface area contributed by atoms with E-state index in [1.165, 1.54) is 6.42 Å². The molecule has 0 unspecified atom stereocenters. The van der Waals surface area contributed by atoms with Gasteiger partial charge in [-0.3, -0.25) is 4.79 Å². The minimum atomic E-state index is -0.838. The Balaban J connectivity index is 1.91. The Labute approximate surface area is 106 Å². The summed E-state index contributed by atoms with van der Waals surface area (Å²) in [6.07, 6.45) is 7.07. The first kappa shape index (κ1) is 13.0. The van der Waals surface area contributed by atoms with Crippen molar-refractivity contribution in [3.8, 4) is 0 Å². The maximum absolute atomic E-state index is 10.5. The standard InChI is InChI=1S/C12H19N3O3/c16-11(17)5-4-10-8-15(14-13-10)9-12(18)6-2-1-3-7-12/h8,18H,1-7,9H2,(H,16,17).